The van der Waals surface area contributed by atoms with Crippen molar-refractivity contribution in [1.82, 2.24) is 0 Å². The first-order valence-corrected chi connectivity index (χ1v) is 5.73. The third kappa shape index (κ3) is 2.49. The van der Waals surface area contributed by atoms with E-state index in [2.05, 4.69) is 0 Å². The fraction of sp³-hybridized carbons (Fsp3) is 0.909. The van der Waals surface area contributed by atoms with E-state index in [1.165, 1.54) is 0 Å². The van der Waals surface area contributed by atoms with Crippen molar-refractivity contribution in [3.8, 4) is 0 Å². The Morgan fingerprint density at radius 2 is 2.27 bits per heavy atom. The second kappa shape index (κ2) is 4.49. The van der Waals surface area contributed by atoms with Gasteiger partial charge < -0.3 is 14.2 Å². The highest BCUT2D eigenvalue weighted by Crippen LogP contribution is 2.42. The molecular formula is C11H18O4. The molecule has 2 rings (SSSR count). The van der Waals surface area contributed by atoms with Gasteiger partial charge in [-0.2, -0.15) is 0 Å². The van der Waals surface area contributed by atoms with E-state index < -0.39 is 5.60 Å². The van der Waals surface area contributed by atoms with Crippen LogP contribution in [0, 0.1) is 0 Å². The first-order chi connectivity index (χ1) is 7.27. The molecule has 1 heterocycles. The van der Waals surface area contributed by atoms with Crippen LogP contribution in [0.3, 0.4) is 0 Å². The van der Waals surface area contributed by atoms with Crippen LogP contribution in [-0.4, -0.2) is 31.1 Å². The second-order valence-corrected chi connectivity index (χ2v) is 4.13. The zero-order valence-corrected chi connectivity index (χ0v) is 9.16. The fourth-order valence-electron chi connectivity index (χ4n) is 1.80. The summed E-state index contributed by atoms with van der Waals surface area (Å²) in [6.45, 7) is 2.96. The average molecular weight is 214 g/mol. The first kappa shape index (κ1) is 10.9. The molecule has 0 amide bonds. The molecule has 0 N–H and O–H groups in total. The van der Waals surface area contributed by atoms with Crippen molar-refractivity contribution in [2.75, 3.05) is 13.2 Å². The van der Waals surface area contributed by atoms with Gasteiger partial charge in [0.25, 0.3) is 0 Å². The third-order valence-electron chi connectivity index (χ3n) is 2.85. The van der Waals surface area contributed by atoms with E-state index in [0.717, 1.165) is 38.7 Å². The van der Waals surface area contributed by atoms with Crippen molar-refractivity contribution in [2.45, 2.75) is 50.9 Å². The molecule has 1 atom stereocenters. The van der Waals surface area contributed by atoms with Crippen LogP contribution in [0.1, 0.15) is 39.0 Å². The molecule has 1 saturated heterocycles. The van der Waals surface area contributed by atoms with Crippen LogP contribution in [0.2, 0.25) is 0 Å². The predicted molar refractivity (Wildman–Crippen MR) is 53.3 cm³/mol. The van der Waals surface area contributed by atoms with Crippen LogP contribution in [0.5, 0.6) is 0 Å². The predicted octanol–water partition coefficient (Wildman–Crippen LogP) is 1.63. The van der Waals surface area contributed by atoms with Crippen LogP contribution in [0.25, 0.3) is 0 Å². The lowest BCUT2D eigenvalue weighted by molar-refractivity contribution is -0.211. The summed E-state index contributed by atoms with van der Waals surface area (Å²) >= 11 is 0. The minimum atomic E-state index is -0.669. The molecule has 1 unspecified atom stereocenters. The molecule has 0 aromatic rings. The molecule has 1 saturated carbocycles. The van der Waals surface area contributed by atoms with Gasteiger partial charge in [-0.05, 0) is 39.0 Å². The van der Waals surface area contributed by atoms with Gasteiger partial charge in [0.15, 0.2) is 11.9 Å². The van der Waals surface area contributed by atoms with Crippen molar-refractivity contribution in [3.05, 3.63) is 0 Å². The number of carbonyl (C=O) groups is 1. The van der Waals surface area contributed by atoms with Gasteiger partial charge in [-0.25, -0.2) is 4.79 Å². The molecule has 4 heteroatoms. The Morgan fingerprint density at radius 3 is 2.80 bits per heavy atom. The van der Waals surface area contributed by atoms with E-state index in [0.29, 0.717) is 6.61 Å². The summed E-state index contributed by atoms with van der Waals surface area (Å²) in [5.41, 5.74) is -0.669. The van der Waals surface area contributed by atoms with Gasteiger partial charge in [-0.3, -0.25) is 0 Å². The lowest BCUT2D eigenvalue weighted by Crippen LogP contribution is -2.35. The van der Waals surface area contributed by atoms with Crippen LogP contribution >= 0.6 is 0 Å². The van der Waals surface area contributed by atoms with Crippen molar-refractivity contribution in [2.24, 2.45) is 0 Å². The quantitative estimate of drug-likeness (QED) is 0.667. The molecular weight excluding hydrogens is 196 g/mol. The summed E-state index contributed by atoms with van der Waals surface area (Å²) in [5, 5.41) is 0. The zero-order valence-electron chi connectivity index (χ0n) is 9.16. The minimum Gasteiger partial charge on any atom is -0.464 e. The van der Waals surface area contributed by atoms with Crippen LogP contribution in [0.15, 0.2) is 0 Å². The van der Waals surface area contributed by atoms with Crippen LogP contribution in [-0.2, 0) is 19.0 Å². The Labute approximate surface area is 89.9 Å². The number of hydrogen-bond donors (Lipinski definition) is 0. The van der Waals surface area contributed by atoms with Crippen molar-refractivity contribution in [1.29, 1.82) is 0 Å². The Hall–Kier alpha value is -0.610. The smallest absolute Gasteiger partial charge is 0.338 e. The molecule has 2 aliphatic rings. The largest absolute Gasteiger partial charge is 0.464 e. The number of ether oxygens (including phenoxy) is 3. The van der Waals surface area contributed by atoms with E-state index in [4.69, 9.17) is 14.2 Å². The summed E-state index contributed by atoms with van der Waals surface area (Å²) in [5.74, 6) is -0.223. The standard InChI is InChI=1S/C11H18O4/c1-2-13-10(12)11(6-7-11)15-9-5-3-4-8-14-9/h9H,2-8H2,1H3. The number of esters is 1. The molecule has 0 aromatic heterocycles. The van der Waals surface area contributed by atoms with E-state index in [1.807, 2.05) is 6.92 Å². The zero-order chi connectivity index (χ0) is 10.7. The SMILES string of the molecule is CCOC(=O)C1(OC2CCCCO2)CC1. The topological polar surface area (TPSA) is 44.8 Å². The molecule has 2 fully saturated rings. The molecule has 1 aliphatic carbocycles. The third-order valence-corrected chi connectivity index (χ3v) is 2.85. The summed E-state index contributed by atoms with van der Waals surface area (Å²) in [7, 11) is 0. The van der Waals surface area contributed by atoms with Gasteiger partial charge in [0.2, 0.25) is 0 Å². The van der Waals surface area contributed by atoms with Gasteiger partial charge in [0, 0.05) is 6.61 Å². The summed E-state index contributed by atoms with van der Waals surface area (Å²) in [6, 6.07) is 0. The lowest BCUT2D eigenvalue weighted by Gasteiger charge is -2.26. The van der Waals surface area contributed by atoms with E-state index in [-0.39, 0.29) is 12.3 Å². The monoisotopic (exact) mass is 214 g/mol. The molecule has 0 bridgehead atoms. The maximum Gasteiger partial charge on any atom is 0.338 e. The number of carbonyl (C=O) groups excluding carboxylic acids is 1. The van der Waals surface area contributed by atoms with Crippen LogP contribution in [0.4, 0.5) is 0 Å². The average Bonchev–Trinajstić information content (AvgIpc) is 3.01. The van der Waals surface area contributed by atoms with Gasteiger partial charge >= 0.3 is 5.97 Å². The van der Waals surface area contributed by atoms with Crippen LogP contribution < -0.4 is 0 Å². The highest BCUT2D eigenvalue weighted by atomic mass is 16.7. The maximum atomic E-state index is 11.6. The Kier molecular flexibility index (Phi) is 3.26. The Balaban J connectivity index is 1.84. The van der Waals surface area contributed by atoms with Gasteiger partial charge in [-0.1, -0.05) is 0 Å². The molecule has 4 nitrogen and oxygen atoms in total. The molecule has 0 radical (unpaired) electrons. The summed E-state index contributed by atoms with van der Waals surface area (Å²) < 4.78 is 16.2. The fourth-order valence-corrected chi connectivity index (χ4v) is 1.80. The summed E-state index contributed by atoms with van der Waals surface area (Å²) in [4.78, 5) is 11.6. The number of hydrogen-bond acceptors (Lipinski definition) is 4. The maximum absolute atomic E-state index is 11.6. The van der Waals surface area contributed by atoms with Crippen molar-refractivity contribution >= 4 is 5.97 Å². The highest BCUT2D eigenvalue weighted by molar-refractivity contribution is 5.82. The molecule has 0 spiro atoms. The van der Waals surface area contributed by atoms with Gasteiger partial charge in [0.1, 0.15) is 0 Å². The second-order valence-electron chi connectivity index (χ2n) is 4.13. The first-order valence-electron chi connectivity index (χ1n) is 5.73. The molecule has 0 aromatic carbocycles. The van der Waals surface area contributed by atoms with E-state index in [9.17, 15) is 4.79 Å². The molecule has 1 aliphatic heterocycles. The minimum absolute atomic E-state index is 0.203. The Bertz CT molecular complexity index is 229. The van der Waals surface area contributed by atoms with Gasteiger partial charge in [0.05, 0.1) is 6.61 Å². The normalized spacial score (nSPS) is 28.5. The molecule has 86 valence electrons. The lowest BCUT2D eigenvalue weighted by atomic mass is 10.2. The summed E-state index contributed by atoms with van der Waals surface area (Å²) in [6.07, 6.45) is 4.43. The number of rotatable bonds is 4. The van der Waals surface area contributed by atoms with Crippen molar-refractivity contribution < 1.29 is 19.0 Å². The van der Waals surface area contributed by atoms with Crippen molar-refractivity contribution in [3.63, 3.8) is 0 Å². The van der Waals surface area contributed by atoms with E-state index >= 15 is 0 Å². The highest BCUT2D eigenvalue weighted by Gasteiger charge is 2.54. The van der Waals surface area contributed by atoms with Gasteiger partial charge in [-0.15, -0.1) is 0 Å². The molecule has 15 heavy (non-hydrogen) atoms. The Morgan fingerprint density at radius 1 is 1.47 bits per heavy atom. The van der Waals surface area contributed by atoms with E-state index in [1.54, 1.807) is 0 Å².